The zero-order valence-electron chi connectivity index (χ0n) is 15.5. The summed E-state index contributed by atoms with van der Waals surface area (Å²) >= 11 is 1.38. The number of phenols is 1. The topological polar surface area (TPSA) is 104 Å². The van der Waals surface area contributed by atoms with Crippen LogP contribution in [0, 0.1) is 6.92 Å². The first-order chi connectivity index (χ1) is 13.3. The van der Waals surface area contributed by atoms with Gasteiger partial charge in [-0.2, -0.15) is 4.31 Å². The first kappa shape index (κ1) is 20.5. The lowest BCUT2D eigenvalue weighted by atomic mass is 10.2. The standard InChI is InChI=1S/C19H22N2O5S2/c1-13-4-8-18(27-13)17(23)7-9-19(24)20-15-12-14(5-6-16(15)22)28(25,26)21-10-2-3-11-21/h4-6,8,12,22H,2-3,7,9-11H2,1H3,(H,20,24). The minimum Gasteiger partial charge on any atom is -0.506 e. The number of nitrogens with zero attached hydrogens (tertiary/aromatic N) is 1. The van der Waals surface area contributed by atoms with Crippen LogP contribution in [-0.2, 0) is 14.8 Å². The van der Waals surface area contributed by atoms with Crippen molar-refractivity contribution in [1.82, 2.24) is 4.31 Å². The number of aromatic hydroxyl groups is 1. The van der Waals surface area contributed by atoms with Crippen LogP contribution in [0.5, 0.6) is 5.75 Å². The molecule has 150 valence electrons. The summed E-state index contributed by atoms with van der Waals surface area (Å²) < 4.78 is 26.7. The fourth-order valence-electron chi connectivity index (χ4n) is 3.00. The molecule has 2 N–H and O–H groups in total. The second kappa shape index (κ2) is 8.42. The first-order valence-corrected chi connectivity index (χ1v) is 11.3. The molecule has 1 aromatic heterocycles. The maximum Gasteiger partial charge on any atom is 0.243 e. The number of anilines is 1. The summed E-state index contributed by atoms with van der Waals surface area (Å²) in [6.45, 7) is 2.84. The van der Waals surface area contributed by atoms with E-state index in [1.807, 2.05) is 13.0 Å². The number of amides is 1. The van der Waals surface area contributed by atoms with E-state index in [0.717, 1.165) is 17.7 Å². The number of nitrogens with one attached hydrogen (secondary N) is 1. The summed E-state index contributed by atoms with van der Waals surface area (Å²) in [6.07, 6.45) is 1.62. The SMILES string of the molecule is Cc1ccc(C(=O)CCC(=O)Nc2cc(S(=O)(=O)N3CCCC3)ccc2O)s1. The highest BCUT2D eigenvalue weighted by molar-refractivity contribution is 7.89. The third kappa shape index (κ3) is 4.60. The molecule has 3 rings (SSSR count). The van der Waals surface area contributed by atoms with E-state index in [1.165, 1.54) is 33.8 Å². The highest BCUT2D eigenvalue weighted by atomic mass is 32.2. The molecule has 1 amide bonds. The molecule has 1 fully saturated rings. The number of aryl methyl sites for hydroxylation is 1. The minimum atomic E-state index is -3.66. The third-order valence-corrected chi connectivity index (χ3v) is 7.48. The van der Waals surface area contributed by atoms with Crippen LogP contribution in [0.3, 0.4) is 0 Å². The zero-order valence-corrected chi connectivity index (χ0v) is 17.1. The van der Waals surface area contributed by atoms with Gasteiger partial charge in [0.25, 0.3) is 0 Å². The van der Waals surface area contributed by atoms with Crippen LogP contribution < -0.4 is 5.32 Å². The number of carbonyl (C=O) groups excluding carboxylic acids is 2. The summed E-state index contributed by atoms with van der Waals surface area (Å²) in [4.78, 5) is 25.9. The predicted octanol–water partition coefficient (Wildman–Crippen LogP) is 3.15. The number of phenolic OH excluding ortho intramolecular Hbond substituents is 1. The van der Waals surface area contributed by atoms with Crippen LogP contribution in [0.15, 0.2) is 35.2 Å². The molecular formula is C19H22N2O5S2. The van der Waals surface area contributed by atoms with E-state index in [0.29, 0.717) is 18.0 Å². The Morgan fingerprint density at radius 2 is 1.86 bits per heavy atom. The molecule has 0 radical (unpaired) electrons. The van der Waals surface area contributed by atoms with E-state index >= 15 is 0 Å². The number of hydrogen-bond acceptors (Lipinski definition) is 6. The van der Waals surface area contributed by atoms with Gasteiger partial charge in [0.1, 0.15) is 5.75 Å². The molecule has 2 aromatic rings. The normalized spacial score (nSPS) is 14.9. The Kier molecular flexibility index (Phi) is 6.17. The number of rotatable bonds is 7. The number of carbonyl (C=O) groups is 2. The van der Waals surface area contributed by atoms with E-state index in [-0.39, 0.29) is 35.0 Å². The van der Waals surface area contributed by atoms with Crippen molar-refractivity contribution in [2.24, 2.45) is 0 Å². The van der Waals surface area contributed by atoms with Crippen molar-refractivity contribution in [2.45, 2.75) is 37.5 Å². The monoisotopic (exact) mass is 422 g/mol. The van der Waals surface area contributed by atoms with Gasteiger partial charge >= 0.3 is 0 Å². The average Bonchev–Trinajstić information content (AvgIpc) is 3.33. The van der Waals surface area contributed by atoms with Crippen molar-refractivity contribution in [3.05, 3.63) is 40.1 Å². The molecule has 0 spiro atoms. The van der Waals surface area contributed by atoms with Gasteiger partial charge in [0.05, 0.1) is 15.5 Å². The van der Waals surface area contributed by atoms with E-state index in [2.05, 4.69) is 5.32 Å². The molecule has 0 aliphatic carbocycles. The van der Waals surface area contributed by atoms with Gasteiger partial charge < -0.3 is 10.4 Å². The second-order valence-corrected chi connectivity index (χ2v) is 9.90. The lowest BCUT2D eigenvalue weighted by molar-refractivity contribution is -0.116. The van der Waals surface area contributed by atoms with E-state index in [1.54, 1.807) is 6.07 Å². The van der Waals surface area contributed by atoms with Crippen LogP contribution in [0.4, 0.5) is 5.69 Å². The third-order valence-electron chi connectivity index (χ3n) is 4.54. The molecule has 2 heterocycles. The van der Waals surface area contributed by atoms with Gasteiger partial charge in [-0.15, -0.1) is 11.3 Å². The summed E-state index contributed by atoms with van der Waals surface area (Å²) in [6, 6.07) is 7.41. The minimum absolute atomic E-state index is 0.0182. The lowest BCUT2D eigenvalue weighted by Crippen LogP contribution is -2.28. The van der Waals surface area contributed by atoms with E-state index < -0.39 is 15.9 Å². The number of Topliss-reactive ketones (excluding diaryl/α,β-unsaturated/α-hetero) is 1. The second-order valence-electron chi connectivity index (χ2n) is 6.67. The van der Waals surface area contributed by atoms with Crippen molar-refractivity contribution in [3.63, 3.8) is 0 Å². The van der Waals surface area contributed by atoms with Gasteiger partial charge in [-0.05, 0) is 50.1 Å². The maximum absolute atomic E-state index is 12.6. The summed E-state index contributed by atoms with van der Waals surface area (Å²) in [7, 11) is -3.66. The first-order valence-electron chi connectivity index (χ1n) is 9.00. The van der Waals surface area contributed by atoms with Crippen LogP contribution in [0.1, 0.15) is 40.2 Å². The number of benzene rings is 1. The maximum atomic E-state index is 12.6. The molecule has 1 saturated heterocycles. The average molecular weight is 423 g/mol. The molecule has 0 bridgehead atoms. The Hall–Kier alpha value is -2.23. The largest absolute Gasteiger partial charge is 0.506 e. The van der Waals surface area contributed by atoms with Gasteiger partial charge in [-0.3, -0.25) is 9.59 Å². The number of ketones is 1. The zero-order chi connectivity index (χ0) is 20.3. The summed E-state index contributed by atoms with van der Waals surface area (Å²) in [5.41, 5.74) is 0.0182. The van der Waals surface area contributed by atoms with Gasteiger partial charge in [0.2, 0.25) is 15.9 Å². The molecule has 7 nitrogen and oxygen atoms in total. The van der Waals surface area contributed by atoms with Crippen LogP contribution in [-0.4, -0.2) is 42.6 Å². The fourth-order valence-corrected chi connectivity index (χ4v) is 5.38. The molecule has 1 aliphatic rings. The summed E-state index contributed by atoms with van der Waals surface area (Å²) in [5, 5.41) is 12.5. The smallest absolute Gasteiger partial charge is 0.243 e. The molecule has 9 heteroatoms. The van der Waals surface area contributed by atoms with Gasteiger partial charge in [0, 0.05) is 30.8 Å². The van der Waals surface area contributed by atoms with E-state index in [4.69, 9.17) is 0 Å². The quantitative estimate of drug-likeness (QED) is 0.527. The molecule has 1 aromatic carbocycles. The lowest BCUT2D eigenvalue weighted by Gasteiger charge is -2.16. The molecule has 0 atom stereocenters. The van der Waals surface area contributed by atoms with Crippen LogP contribution >= 0.6 is 11.3 Å². The molecule has 0 unspecified atom stereocenters. The highest BCUT2D eigenvalue weighted by Gasteiger charge is 2.28. The van der Waals surface area contributed by atoms with Crippen LogP contribution in [0.25, 0.3) is 0 Å². The summed E-state index contributed by atoms with van der Waals surface area (Å²) in [5.74, 6) is -0.815. The molecular weight excluding hydrogens is 400 g/mol. The molecule has 28 heavy (non-hydrogen) atoms. The molecule has 1 aliphatic heterocycles. The number of hydrogen-bond donors (Lipinski definition) is 2. The van der Waals surface area contributed by atoms with Crippen LogP contribution in [0.2, 0.25) is 0 Å². The Morgan fingerprint density at radius 3 is 2.50 bits per heavy atom. The molecule has 0 saturated carbocycles. The van der Waals surface area contributed by atoms with Crippen molar-refractivity contribution >= 4 is 38.7 Å². The Balaban J connectivity index is 1.66. The van der Waals surface area contributed by atoms with E-state index in [9.17, 15) is 23.1 Å². The Morgan fingerprint density at radius 1 is 1.14 bits per heavy atom. The Bertz CT molecular complexity index is 992. The fraction of sp³-hybridized carbons (Fsp3) is 0.368. The predicted molar refractivity (Wildman–Crippen MR) is 107 cm³/mol. The van der Waals surface area contributed by atoms with Gasteiger partial charge in [-0.1, -0.05) is 0 Å². The van der Waals surface area contributed by atoms with Gasteiger partial charge in [0.15, 0.2) is 5.78 Å². The highest BCUT2D eigenvalue weighted by Crippen LogP contribution is 2.29. The number of thiophene rings is 1. The van der Waals surface area contributed by atoms with Gasteiger partial charge in [-0.25, -0.2) is 8.42 Å². The van der Waals surface area contributed by atoms with Crippen molar-refractivity contribution < 1.29 is 23.1 Å². The van der Waals surface area contributed by atoms with Crippen molar-refractivity contribution in [2.75, 3.05) is 18.4 Å². The number of sulfonamides is 1. The van der Waals surface area contributed by atoms with Crippen molar-refractivity contribution in [1.29, 1.82) is 0 Å². The Labute approximate surface area is 168 Å². The van der Waals surface area contributed by atoms with Crippen molar-refractivity contribution in [3.8, 4) is 5.75 Å².